The van der Waals surface area contributed by atoms with Gasteiger partial charge in [-0.15, -0.1) is 0 Å². The zero-order valence-electron chi connectivity index (χ0n) is 21.1. The van der Waals surface area contributed by atoms with Gasteiger partial charge < -0.3 is 19.7 Å². The summed E-state index contributed by atoms with van der Waals surface area (Å²) in [6.45, 7) is 5.40. The van der Waals surface area contributed by atoms with Gasteiger partial charge >= 0.3 is 0 Å². The third-order valence-corrected chi connectivity index (χ3v) is 6.80. The molecule has 36 heavy (non-hydrogen) atoms. The summed E-state index contributed by atoms with van der Waals surface area (Å²) in [4.78, 5) is 47.2. The molecular formula is C27H34N4O5. The predicted molar refractivity (Wildman–Crippen MR) is 133 cm³/mol. The maximum atomic E-state index is 13.9. The molecule has 1 aromatic carbocycles. The van der Waals surface area contributed by atoms with Gasteiger partial charge in [-0.1, -0.05) is 19.9 Å². The standard InChI is InChI=1S/C27H34N4O5/c1-19(2)15-24(32)30-13-9-27(10-14-30)31(26(34)21-5-4-6-22(16-21)35-3)23(18-36-27)25(33)29-17-20-7-11-28-12-8-20/h4-8,11-12,16,19,23H,9-10,13-15,17-18H2,1-3H3,(H,29,33)/t23-/m0/s1. The van der Waals surface area contributed by atoms with E-state index in [-0.39, 0.29) is 30.2 Å². The molecule has 1 N–H and O–H groups in total. The van der Waals surface area contributed by atoms with Crippen molar-refractivity contribution < 1.29 is 23.9 Å². The number of rotatable bonds is 7. The average molecular weight is 495 g/mol. The maximum Gasteiger partial charge on any atom is 0.257 e. The van der Waals surface area contributed by atoms with Crippen LogP contribution in [-0.2, 0) is 20.9 Å². The zero-order chi connectivity index (χ0) is 25.7. The minimum absolute atomic E-state index is 0.0951. The predicted octanol–water partition coefficient (Wildman–Crippen LogP) is 2.61. The highest BCUT2D eigenvalue weighted by Crippen LogP contribution is 2.39. The summed E-state index contributed by atoms with van der Waals surface area (Å²) < 4.78 is 11.6. The monoisotopic (exact) mass is 494 g/mol. The number of carbonyl (C=O) groups is 3. The highest BCUT2D eigenvalue weighted by atomic mass is 16.5. The quantitative estimate of drug-likeness (QED) is 0.635. The maximum absolute atomic E-state index is 13.9. The lowest BCUT2D eigenvalue weighted by molar-refractivity contribution is -0.144. The van der Waals surface area contributed by atoms with Crippen molar-refractivity contribution in [2.24, 2.45) is 5.92 Å². The fourth-order valence-electron chi connectivity index (χ4n) is 4.85. The Morgan fingerprint density at radius 1 is 1.17 bits per heavy atom. The third-order valence-electron chi connectivity index (χ3n) is 6.80. The van der Waals surface area contributed by atoms with Crippen LogP contribution in [0.5, 0.6) is 5.75 Å². The van der Waals surface area contributed by atoms with E-state index in [4.69, 9.17) is 9.47 Å². The van der Waals surface area contributed by atoms with Crippen molar-refractivity contribution in [1.29, 1.82) is 0 Å². The van der Waals surface area contributed by atoms with Crippen molar-refractivity contribution in [1.82, 2.24) is 20.1 Å². The molecule has 4 rings (SSSR count). The Bertz CT molecular complexity index is 1080. The van der Waals surface area contributed by atoms with Gasteiger partial charge in [-0.2, -0.15) is 0 Å². The molecule has 9 nitrogen and oxygen atoms in total. The molecule has 0 aliphatic carbocycles. The average Bonchev–Trinajstić information content (AvgIpc) is 3.25. The van der Waals surface area contributed by atoms with Crippen LogP contribution < -0.4 is 10.1 Å². The van der Waals surface area contributed by atoms with Crippen LogP contribution in [0.1, 0.15) is 49.0 Å². The second-order valence-corrected chi connectivity index (χ2v) is 9.73. The van der Waals surface area contributed by atoms with Crippen LogP contribution in [0, 0.1) is 5.92 Å². The second-order valence-electron chi connectivity index (χ2n) is 9.73. The van der Waals surface area contributed by atoms with Gasteiger partial charge in [0.05, 0.1) is 13.7 Å². The van der Waals surface area contributed by atoms with E-state index in [1.165, 1.54) is 0 Å². The van der Waals surface area contributed by atoms with Gasteiger partial charge in [0.25, 0.3) is 5.91 Å². The van der Waals surface area contributed by atoms with Crippen LogP contribution >= 0.6 is 0 Å². The number of hydrogen-bond donors (Lipinski definition) is 1. The van der Waals surface area contributed by atoms with Gasteiger partial charge in [0, 0.05) is 56.9 Å². The molecule has 2 fully saturated rings. The molecule has 0 unspecified atom stereocenters. The van der Waals surface area contributed by atoms with Crippen molar-refractivity contribution in [3.63, 3.8) is 0 Å². The molecule has 2 aliphatic heterocycles. The molecule has 0 radical (unpaired) electrons. The minimum atomic E-state index is -0.951. The number of amides is 3. The summed E-state index contributed by atoms with van der Waals surface area (Å²) in [6.07, 6.45) is 4.71. The lowest BCUT2D eigenvalue weighted by atomic mass is 9.96. The van der Waals surface area contributed by atoms with Gasteiger partial charge in [0.2, 0.25) is 11.8 Å². The number of hydrogen-bond acceptors (Lipinski definition) is 6. The first-order chi connectivity index (χ1) is 17.3. The SMILES string of the molecule is COc1cccc(C(=O)N2[C@H](C(=O)NCc3ccncc3)COC23CCN(C(=O)CC(C)C)CC3)c1. The molecule has 0 bridgehead atoms. The van der Waals surface area contributed by atoms with Gasteiger partial charge in [-0.3, -0.25) is 24.3 Å². The van der Waals surface area contributed by atoms with E-state index in [2.05, 4.69) is 10.3 Å². The van der Waals surface area contributed by atoms with Gasteiger partial charge in [-0.25, -0.2) is 0 Å². The molecule has 2 aromatic rings. The van der Waals surface area contributed by atoms with E-state index in [1.807, 2.05) is 30.9 Å². The molecule has 0 saturated carbocycles. The van der Waals surface area contributed by atoms with Crippen LogP contribution in [0.4, 0.5) is 0 Å². The highest BCUT2D eigenvalue weighted by molar-refractivity contribution is 5.98. The van der Waals surface area contributed by atoms with E-state index in [9.17, 15) is 14.4 Å². The highest BCUT2D eigenvalue weighted by Gasteiger charge is 2.54. The smallest absolute Gasteiger partial charge is 0.257 e. The molecule has 3 heterocycles. The van der Waals surface area contributed by atoms with E-state index in [0.717, 1.165) is 5.56 Å². The van der Waals surface area contributed by atoms with Gasteiger partial charge in [-0.05, 0) is 41.8 Å². The topological polar surface area (TPSA) is 101 Å². The summed E-state index contributed by atoms with van der Waals surface area (Å²) in [5.74, 6) is 0.365. The van der Waals surface area contributed by atoms with Crippen LogP contribution in [0.15, 0.2) is 48.8 Å². The normalized spacial score (nSPS) is 18.9. The van der Waals surface area contributed by atoms with Crippen molar-refractivity contribution >= 4 is 17.7 Å². The molecule has 9 heteroatoms. The van der Waals surface area contributed by atoms with E-state index in [1.54, 1.807) is 48.7 Å². The third kappa shape index (κ3) is 5.51. The summed E-state index contributed by atoms with van der Waals surface area (Å²) in [5.41, 5.74) is 0.382. The molecular weight excluding hydrogens is 460 g/mol. The van der Waals surface area contributed by atoms with Crippen molar-refractivity contribution in [2.45, 2.75) is 51.4 Å². The molecule has 1 atom stereocenters. The van der Waals surface area contributed by atoms with Crippen LogP contribution in [0.25, 0.3) is 0 Å². The number of likely N-dealkylation sites (tertiary alicyclic amines) is 1. The Labute approximate surface area is 211 Å². The number of piperidine rings is 1. The second kappa shape index (κ2) is 11.1. The Morgan fingerprint density at radius 3 is 2.56 bits per heavy atom. The summed E-state index contributed by atoms with van der Waals surface area (Å²) in [5, 5.41) is 2.94. The van der Waals surface area contributed by atoms with E-state index < -0.39 is 11.8 Å². The van der Waals surface area contributed by atoms with E-state index in [0.29, 0.717) is 50.2 Å². The van der Waals surface area contributed by atoms with Crippen molar-refractivity contribution in [3.05, 3.63) is 59.9 Å². The summed E-state index contributed by atoms with van der Waals surface area (Å²) in [6, 6.07) is 9.77. The molecule has 1 spiro atoms. The first-order valence-electron chi connectivity index (χ1n) is 12.4. The summed E-state index contributed by atoms with van der Waals surface area (Å²) in [7, 11) is 1.54. The first-order valence-corrected chi connectivity index (χ1v) is 12.4. The van der Waals surface area contributed by atoms with Gasteiger partial charge in [0.1, 0.15) is 17.5 Å². The Hall–Kier alpha value is -3.46. The van der Waals surface area contributed by atoms with Crippen LogP contribution in [-0.4, -0.2) is 71.1 Å². The number of nitrogens with one attached hydrogen (secondary N) is 1. The van der Waals surface area contributed by atoms with Crippen LogP contribution in [0.3, 0.4) is 0 Å². The number of nitrogens with zero attached hydrogens (tertiary/aromatic N) is 3. The summed E-state index contributed by atoms with van der Waals surface area (Å²) >= 11 is 0. The minimum Gasteiger partial charge on any atom is -0.497 e. The Morgan fingerprint density at radius 2 is 1.89 bits per heavy atom. The molecule has 3 amide bonds. The number of benzene rings is 1. The lowest BCUT2D eigenvalue weighted by Gasteiger charge is -2.44. The van der Waals surface area contributed by atoms with Gasteiger partial charge in [0.15, 0.2) is 0 Å². The number of pyridine rings is 1. The largest absolute Gasteiger partial charge is 0.497 e. The fraction of sp³-hybridized carbons (Fsp3) is 0.481. The lowest BCUT2D eigenvalue weighted by Crippen LogP contribution is -2.59. The van der Waals surface area contributed by atoms with Crippen molar-refractivity contribution in [3.8, 4) is 5.75 Å². The number of carbonyl (C=O) groups excluding carboxylic acids is 3. The first kappa shape index (κ1) is 25.6. The number of methoxy groups -OCH3 is 1. The van der Waals surface area contributed by atoms with Crippen LogP contribution in [0.2, 0.25) is 0 Å². The number of aromatic nitrogens is 1. The molecule has 192 valence electrons. The molecule has 1 aromatic heterocycles. The Balaban J connectivity index is 1.56. The molecule has 2 saturated heterocycles. The fourth-order valence-corrected chi connectivity index (χ4v) is 4.85. The number of ether oxygens (including phenoxy) is 2. The van der Waals surface area contributed by atoms with E-state index >= 15 is 0 Å². The Kier molecular flexibility index (Phi) is 7.88. The zero-order valence-corrected chi connectivity index (χ0v) is 21.1. The molecule has 2 aliphatic rings. The van der Waals surface area contributed by atoms with Crippen molar-refractivity contribution in [2.75, 3.05) is 26.8 Å².